The number of carboxylic acids is 1. The van der Waals surface area contributed by atoms with Crippen molar-refractivity contribution in [2.45, 2.75) is 5.75 Å². The number of carbonyl (C=O) groups excluding carboxylic acids is 1. The second-order valence-corrected chi connectivity index (χ2v) is 6.60. The lowest BCUT2D eigenvalue weighted by Crippen LogP contribution is -2.12. The summed E-state index contributed by atoms with van der Waals surface area (Å²) in [6, 6.07) is 7.15. The average molecular weight is 401 g/mol. The molecule has 0 amide bonds. The quantitative estimate of drug-likeness (QED) is 0.555. The van der Waals surface area contributed by atoms with Gasteiger partial charge in [0.15, 0.2) is 11.5 Å². The fraction of sp³-hybridized carbons (Fsp3) is 0.176. The molecule has 0 atom stereocenters. The summed E-state index contributed by atoms with van der Waals surface area (Å²) in [7, 11) is 1.38. The molecule has 0 aromatic heterocycles. The van der Waals surface area contributed by atoms with Crippen molar-refractivity contribution in [2.24, 2.45) is 0 Å². The standard InChI is InChI=1S/C17H14Cl2O5S/c1-23-14-7-10(16(20)21)5-11(8-25-2)15(14)24-17(22)9-3-4-12(18)13(19)6-9/h3-7H,8H2,1-2H3,(H,20,21). The van der Waals surface area contributed by atoms with Crippen LogP contribution in [-0.2, 0) is 5.75 Å². The Morgan fingerprint density at radius 1 is 1.12 bits per heavy atom. The maximum absolute atomic E-state index is 12.4. The Morgan fingerprint density at radius 2 is 1.84 bits per heavy atom. The number of carbonyl (C=O) groups is 2. The summed E-state index contributed by atoms with van der Waals surface area (Å²) in [6.07, 6.45) is 1.85. The van der Waals surface area contributed by atoms with E-state index < -0.39 is 11.9 Å². The van der Waals surface area contributed by atoms with E-state index in [1.165, 1.54) is 49.2 Å². The molecule has 0 heterocycles. The third kappa shape index (κ3) is 4.60. The van der Waals surface area contributed by atoms with E-state index in [4.69, 9.17) is 32.7 Å². The largest absolute Gasteiger partial charge is 0.493 e. The summed E-state index contributed by atoms with van der Waals surface area (Å²) in [6.45, 7) is 0. The van der Waals surface area contributed by atoms with Crippen LogP contribution in [0.4, 0.5) is 0 Å². The van der Waals surface area contributed by atoms with Gasteiger partial charge < -0.3 is 14.6 Å². The van der Waals surface area contributed by atoms with Crippen LogP contribution in [0.15, 0.2) is 30.3 Å². The van der Waals surface area contributed by atoms with E-state index in [1.807, 2.05) is 6.26 Å². The minimum Gasteiger partial charge on any atom is -0.493 e. The molecule has 2 rings (SSSR count). The molecule has 0 unspecified atom stereocenters. The Morgan fingerprint density at radius 3 is 2.40 bits per heavy atom. The van der Waals surface area contributed by atoms with Crippen molar-refractivity contribution >= 4 is 46.9 Å². The highest BCUT2D eigenvalue weighted by Gasteiger charge is 2.20. The van der Waals surface area contributed by atoms with Crippen LogP contribution in [0.25, 0.3) is 0 Å². The zero-order valence-corrected chi connectivity index (χ0v) is 15.7. The third-order valence-corrected chi connectivity index (χ3v) is 4.59. The fourth-order valence-electron chi connectivity index (χ4n) is 2.09. The van der Waals surface area contributed by atoms with Gasteiger partial charge in [-0.1, -0.05) is 23.2 Å². The number of carboxylic acid groups (broad SMARTS) is 1. The second-order valence-electron chi connectivity index (χ2n) is 4.92. The van der Waals surface area contributed by atoms with Crippen molar-refractivity contribution < 1.29 is 24.2 Å². The van der Waals surface area contributed by atoms with Crippen molar-refractivity contribution in [3.63, 3.8) is 0 Å². The number of halogens is 2. The first-order valence-corrected chi connectivity index (χ1v) is 9.12. The van der Waals surface area contributed by atoms with Crippen molar-refractivity contribution in [1.82, 2.24) is 0 Å². The van der Waals surface area contributed by atoms with Crippen LogP contribution in [0.5, 0.6) is 11.5 Å². The summed E-state index contributed by atoms with van der Waals surface area (Å²) in [4.78, 5) is 23.7. The zero-order valence-electron chi connectivity index (χ0n) is 13.3. The van der Waals surface area contributed by atoms with Gasteiger partial charge in [-0.15, -0.1) is 0 Å². The van der Waals surface area contributed by atoms with E-state index >= 15 is 0 Å². The van der Waals surface area contributed by atoms with Crippen molar-refractivity contribution in [3.8, 4) is 11.5 Å². The molecule has 0 saturated carbocycles. The molecule has 5 nitrogen and oxygen atoms in total. The van der Waals surface area contributed by atoms with Crippen molar-refractivity contribution in [3.05, 3.63) is 57.1 Å². The number of thioether (sulfide) groups is 1. The van der Waals surface area contributed by atoms with Gasteiger partial charge in [0.05, 0.1) is 28.3 Å². The fourth-order valence-corrected chi connectivity index (χ4v) is 2.91. The molecule has 2 aromatic rings. The number of rotatable bonds is 6. The first kappa shape index (κ1) is 19.4. The minimum absolute atomic E-state index is 0.0511. The molecule has 1 N–H and O–H groups in total. The molecule has 0 aliphatic rings. The molecular formula is C17H14Cl2O5S. The summed E-state index contributed by atoms with van der Waals surface area (Å²) < 4.78 is 10.7. The summed E-state index contributed by atoms with van der Waals surface area (Å²) in [5, 5.41) is 9.76. The van der Waals surface area contributed by atoms with Gasteiger partial charge in [-0.05, 0) is 36.6 Å². The molecule has 132 valence electrons. The maximum atomic E-state index is 12.4. The molecule has 0 bridgehead atoms. The monoisotopic (exact) mass is 400 g/mol. The predicted octanol–water partition coefficient (Wildman–Crippen LogP) is 4.78. The highest BCUT2D eigenvalue weighted by atomic mass is 35.5. The van der Waals surface area contributed by atoms with Gasteiger partial charge in [-0.2, -0.15) is 11.8 Å². The molecule has 0 aliphatic carbocycles. The Hall–Kier alpha value is -1.89. The number of ether oxygens (including phenoxy) is 2. The maximum Gasteiger partial charge on any atom is 0.343 e. The van der Waals surface area contributed by atoms with Crippen LogP contribution in [0.2, 0.25) is 10.0 Å². The van der Waals surface area contributed by atoms with Crippen LogP contribution >= 0.6 is 35.0 Å². The van der Waals surface area contributed by atoms with Crippen LogP contribution in [-0.4, -0.2) is 30.4 Å². The smallest absolute Gasteiger partial charge is 0.343 e. The van der Waals surface area contributed by atoms with Crippen LogP contribution in [0.1, 0.15) is 26.3 Å². The van der Waals surface area contributed by atoms with Gasteiger partial charge in [0.1, 0.15) is 0 Å². The minimum atomic E-state index is -1.09. The third-order valence-electron chi connectivity index (χ3n) is 3.25. The van der Waals surface area contributed by atoms with Crippen LogP contribution in [0, 0.1) is 0 Å². The highest BCUT2D eigenvalue weighted by Crippen LogP contribution is 2.36. The lowest BCUT2D eigenvalue weighted by atomic mass is 10.1. The molecule has 8 heteroatoms. The van der Waals surface area contributed by atoms with Gasteiger partial charge in [-0.3, -0.25) is 0 Å². The second kappa shape index (κ2) is 8.47. The molecule has 0 spiro atoms. The number of esters is 1. The van der Waals surface area contributed by atoms with E-state index in [-0.39, 0.29) is 27.6 Å². The Kier molecular flexibility index (Phi) is 6.58. The number of aromatic carboxylic acids is 1. The first-order chi connectivity index (χ1) is 11.9. The van der Waals surface area contributed by atoms with Gasteiger partial charge in [0.2, 0.25) is 0 Å². The van der Waals surface area contributed by atoms with E-state index in [0.29, 0.717) is 16.3 Å². The average Bonchev–Trinajstić information content (AvgIpc) is 2.58. The van der Waals surface area contributed by atoms with Crippen LogP contribution < -0.4 is 9.47 Å². The van der Waals surface area contributed by atoms with Crippen molar-refractivity contribution in [1.29, 1.82) is 0 Å². The Bertz CT molecular complexity index is 823. The Labute approximate surface area is 158 Å². The SMILES string of the molecule is COc1cc(C(=O)O)cc(CSC)c1OC(=O)c1ccc(Cl)c(Cl)c1. The topological polar surface area (TPSA) is 72.8 Å². The molecule has 2 aromatic carbocycles. The summed E-state index contributed by atoms with van der Waals surface area (Å²) in [5.74, 6) is -0.956. The summed E-state index contributed by atoms with van der Waals surface area (Å²) in [5.41, 5.74) is 0.807. The zero-order chi connectivity index (χ0) is 18.6. The van der Waals surface area contributed by atoms with E-state index in [2.05, 4.69) is 0 Å². The lowest BCUT2D eigenvalue weighted by molar-refractivity contribution is 0.0696. The Balaban J connectivity index is 2.44. The van der Waals surface area contributed by atoms with Gasteiger partial charge in [0, 0.05) is 11.3 Å². The van der Waals surface area contributed by atoms with Gasteiger partial charge >= 0.3 is 11.9 Å². The van der Waals surface area contributed by atoms with Crippen LogP contribution in [0.3, 0.4) is 0 Å². The van der Waals surface area contributed by atoms with Gasteiger partial charge in [0.25, 0.3) is 0 Å². The number of hydrogen-bond donors (Lipinski definition) is 1. The molecular weight excluding hydrogens is 387 g/mol. The molecule has 0 radical (unpaired) electrons. The van der Waals surface area contributed by atoms with E-state index in [0.717, 1.165) is 0 Å². The number of benzene rings is 2. The lowest BCUT2D eigenvalue weighted by Gasteiger charge is -2.15. The molecule has 25 heavy (non-hydrogen) atoms. The molecule has 0 saturated heterocycles. The highest BCUT2D eigenvalue weighted by molar-refractivity contribution is 7.97. The predicted molar refractivity (Wildman–Crippen MR) is 98.6 cm³/mol. The molecule has 0 fully saturated rings. The van der Waals surface area contributed by atoms with Gasteiger partial charge in [-0.25, -0.2) is 9.59 Å². The van der Waals surface area contributed by atoms with E-state index in [1.54, 1.807) is 0 Å². The number of methoxy groups -OCH3 is 1. The normalized spacial score (nSPS) is 10.4. The molecule has 0 aliphatic heterocycles. The van der Waals surface area contributed by atoms with E-state index in [9.17, 15) is 14.7 Å². The number of hydrogen-bond acceptors (Lipinski definition) is 5. The van der Waals surface area contributed by atoms with Crippen molar-refractivity contribution in [2.75, 3.05) is 13.4 Å². The summed E-state index contributed by atoms with van der Waals surface area (Å²) >= 11 is 13.2. The first-order valence-electron chi connectivity index (χ1n) is 6.97.